The predicted molar refractivity (Wildman–Crippen MR) is 99.8 cm³/mol. The number of nitro benzene ring substituents is 2. The number of nitro groups is 2. The Bertz CT molecular complexity index is 975. The van der Waals surface area contributed by atoms with Gasteiger partial charge in [0.05, 0.1) is 15.4 Å². The largest absolute Gasteiger partial charge is 0.452 e. The quantitative estimate of drug-likeness (QED) is 0.322. The first-order valence-corrected chi connectivity index (χ1v) is 7.98. The number of carbonyl (C=O) groups is 2. The van der Waals surface area contributed by atoms with Gasteiger partial charge in [-0.05, 0) is 24.3 Å². The van der Waals surface area contributed by atoms with Gasteiger partial charge in [-0.15, -0.1) is 0 Å². The molecule has 2 aromatic carbocycles. The Morgan fingerprint density at radius 3 is 2.43 bits per heavy atom. The van der Waals surface area contributed by atoms with Crippen LogP contribution in [0.5, 0.6) is 0 Å². The van der Waals surface area contributed by atoms with Crippen molar-refractivity contribution in [2.24, 2.45) is 0 Å². The standard InChI is InChI=1S/C17H12ClN3O7/c18-12-6-7-15(21(26)27)13(9-12)19-16(22)10-28-17(23)8-5-11-3-1-2-4-14(11)20(24)25/h1-9H,10H2,(H,19,22)/b8-5+. The summed E-state index contributed by atoms with van der Waals surface area (Å²) in [7, 11) is 0. The lowest BCUT2D eigenvalue weighted by Gasteiger charge is -2.06. The van der Waals surface area contributed by atoms with E-state index in [9.17, 15) is 29.8 Å². The van der Waals surface area contributed by atoms with Crippen LogP contribution in [0.1, 0.15) is 5.56 Å². The van der Waals surface area contributed by atoms with Crippen LogP contribution in [0.15, 0.2) is 48.5 Å². The minimum Gasteiger partial charge on any atom is -0.452 e. The Morgan fingerprint density at radius 1 is 1.07 bits per heavy atom. The molecule has 0 saturated carbocycles. The number of hydrogen-bond acceptors (Lipinski definition) is 7. The van der Waals surface area contributed by atoms with Crippen LogP contribution in [0.2, 0.25) is 5.02 Å². The van der Waals surface area contributed by atoms with Crippen LogP contribution in [0.4, 0.5) is 17.1 Å². The zero-order valence-electron chi connectivity index (χ0n) is 14.0. The highest BCUT2D eigenvalue weighted by Gasteiger charge is 2.17. The number of carbonyl (C=O) groups excluding carboxylic acids is 2. The van der Waals surface area contributed by atoms with Crippen molar-refractivity contribution < 1.29 is 24.2 Å². The average molecular weight is 406 g/mol. The summed E-state index contributed by atoms with van der Waals surface area (Å²) >= 11 is 5.75. The summed E-state index contributed by atoms with van der Waals surface area (Å²) in [6.07, 6.45) is 2.11. The molecule has 0 aliphatic carbocycles. The fraction of sp³-hybridized carbons (Fsp3) is 0.0588. The Morgan fingerprint density at radius 2 is 1.75 bits per heavy atom. The highest BCUT2D eigenvalue weighted by molar-refractivity contribution is 6.31. The molecular formula is C17H12ClN3O7. The van der Waals surface area contributed by atoms with E-state index in [-0.39, 0.29) is 27.6 Å². The Hall–Kier alpha value is -3.79. The minimum absolute atomic E-state index is 0.144. The normalized spacial score (nSPS) is 10.5. The summed E-state index contributed by atoms with van der Waals surface area (Å²) in [6.45, 7) is -0.719. The smallest absolute Gasteiger partial charge is 0.331 e. The highest BCUT2D eigenvalue weighted by atomic mass is 35.5. The molecule has 0 aromatic heterocycles. The van der Waals surface area contributed by atoms with Crippen LogP contribution in [0.25, 0.3) is 6.08 Å². The SMILES string of the molecule is O=C(COC(=O)/C=C/c1ccccc1[N+](=O)[O-])Nc1cc(Cl)ccc1[N+](=O)[O-]. The predicted octanol–water partition coefficient (Wildman–Crippen LogP) is 3.35. The summed E-state index contributed by atoms with van der Waals surface area (Å²) < 4.78 is 4.72. The molecule has 0 unspecified atom stereocenters. The Kier molecular flexibility index (Phi) is 6.77. The molecule has 0 heterocycles. The van der Waals surface area contributed by atoms with Crippen LogP contribution >= 0.6 is 11.6 Å². The maximum atomic E-state index is 11.9. The Labute approximate surface area is 162 Å². The lowest BCUT2D eigenvalue weighted by atomic mass is 10.1. The molecule has 0 fully saturated rings. The van der Waals surface area contributed by atoms with Crippen LogP contribution < -0.4 is 5.32 Å². The van der Waals surface area contributed by atoms with Gasteiger partial charge in [0.25, 0.3) is 17.3 Å². The average Bonchev–Trinajstić information content (AvgIpc) is 2.64. The molecule has 1 amide bonds. The van der Waals surface area contributed by atoms with Crippen molar-refractivity contribution in [2.45, 2.75) is 0 Å². The van der Waals surface area contributed by atoms with E-state index in [4.69, 9.17) is 16.3 Å². The molecule has 0 spiro atoms. The van der Waals surface area contributed by atoms with Gasteiger partial charge in [-0.25, -0.2) is 4.79 Å². The lowest BCUT2D eigenvalue weighted by Crippen LogP contribution is -2.20. The van der Waals surface area contributed by atoms with E-state index in [0.29, 0.717) is 0 Å². The number of esters is 1. The molecule has 0 atom stereocenters. The topological polar surface area (TPSA) is 142 Å². The van der Waals surface area contributed by atoms with Crippen LogP contribution in [0, 0.1) is 20.2 Å². The zero-order chi connectivity index (χ0) is 20.7. The fourth-order valence-corrected chi connectivity index (χ4v) is 2.26. The van der Waals surface area contributed by atoms with Gasteiger partial charge in [0.15, 0.2) is 6.61 Å². The Balaban J connectivity index is 1.97. The van der Waals surface area contributed by atoms with Gasteiger partial charge in [0.1, 0.15) is 5.69 Å². The second kappa shape index (κ2) is 9.24. The van der Waals surface area contributed by atoms with Gasteiger partial charge in [0, 0.05) is 23.2 Å². The number of para-hydroxylation sites is 1. The number of ether oxygens (including phenoxy) is 1. The van der Waals surface area contributed by atoms with Crippen LogP contribution in [-0.4, -0.2) is 28.3 Å². The maximum absolute atomic E-state index is 11.9. The molecule has 144 valence electrons. The first-order valence-electron chi connectivity index (χ1n) is 7.60. The highest BCUT2D eigenvalue weighted by Crippen LogP contribution is 2.27. The van der Waals surface area contributed by atoms with E-state index in [0.717, 1.165) is 12.1 Å². The molecule has 2 aromatic rings. The monoisotopic (exact) mass is 405 g/mol. The van der Waals surface area contributed by atoms with Gasteiger partial charge >= 0.3 is 5.97 Å². The third-order valence-corrected chi connectivity index (χ3v) is 3.54. The second-order valence-corrected chi connectivity index (χ2v) is 5.66. The zero-order valence-corrected chi connectivity index (χ0v) is 14.8. The molecule has 0 aliphatic heterocycles. The van der Waals surface area contributed by atoms with Crippen molar-refractivity contribution in [3.63, 3.8) is 0 Å². The van der Waals surface area contributed by atoms with Crippen LogP contribution in [0.3, 0.4) is 0 Å². The summed E-state index contributed by atoms with van der Waals surface area (Å²) in [6, 6.07) is 9.36. The number of benzene rings is 2. The van der Waals surface area contributed by atoms with E-state index in [1.54, 1.807) is 6.07 Å². The van der Waals surface area contributed by atoms with Crippen molar-refractivity contribution in [3.8, 4) is 0 Å². The molecule has 28 heavy (non-hydrogen) atoms. The van der Waals surface area contributed by atoms with Crippen molar-refractivity contribution in [1.29, 1.82) is 0 Å². The number of rotatable bonds is 7. The summed E-state index contributed by atoms with van der Waals surface area (Å²) in [5.74, 6) is -1.74. The summed E-state index contributed by atoms with van der Waals surface area (Å²) in [5.41, 5.74) is -0.532. The van der Waals surface area contributed by atoms with Gasteiger partial charge in [-0.1, -0.05) is 23.7 Å². The van der Waals surface area contributed by atoms with Gasteiger partial charge in [-0.2, -0.15) is 0 Å². The summed E-state index contributed by atoms with van der Waals surface area (Å²) in [4.78, 5) is 44.1. The van der Waals surface area contributed by atoms with E-state index in [1.807, 2.05) is 0 Å². The van der Waals surface area contributed by atoms with E-state index >= 15 is 0 Å². The molecule has 11 heteroatoms. The van der Waals surface area contributed by atoms with Gasteiger partial charge in [0.2, 0.25) is 0 Å². The fourth-order valence-electron chi connectivity index (χ4n) is 2.09. The number of amides is 1. The second-order valence-electron chi connectivity index (χ2n) is 5.22. The third kappa shape index (κ3) is 5.61. The van der Waals surface area contributed by atoms with Crippen molar-refractivity contribution in [3.05, 3.63) is 79.4 Å². The molecule has 0 saturated heterocycles. The molecule has 2 rings (SSSR count). The van der Waals surface area contributed by atoms with Gasteiger partial charge in [-0.3, -0.25) is 25.0 Å². The molecule has 10 nitrogen and oxygen atoms in total. The first kappa shape index (κ1) is 20.5. The van der Waals surface area contributed by atoms with Crippen molar-refractivity contribution in [1.82, 2.24) is 0 Å². The van der Waals surface area contributed by atoms with E-state index in [2.05, 4.69) is 5.32 Å². The molecular weight excluding hydrogens is 394 g/mol. The third-order valence-electron chi connectivity index (χ3n) is 3.31. The minimum atomic E-state index is -0.922. The number of anilines is 1. The van der Waals surface area contributed by atoms with Gasteiger partial charge < -0.3 is 10.1 Å². The molecule has 0 aliphatic rings. The molecule has 0 bridgehead atoms. The van der Waals surface area contributed by atoms with E-state index < -0.39 is 28.3 Å². The lowest BCUT2D eigenvalue weighted by molar-refractivity contribution is -0.385. The molecule has 1 N–H and O–H groups in total. The number of nitrogens with one attached hydrogen (secondary N) is 1. The summed E-state index contributed by atoms with van der Waals surface area (Å²) in [5, 5.41) is 24.2. The maximum Gasteiger partial charge on any atom is 0.331 e. The van der Waals surface area contributed by atoms with Crippen molar-refractivity contribution in [2.75, 3.05) is 11.9 Å². The number of halogens is 1. The van der Waals surface area contributed by atoms with E-state index in [1.165, 1.54) is 36.4 Å². The number of hydrogen-bond donors (Lipinski definition) is 1. The first-order chi connectivity index (χ1) is 13.3. The van der Waals surface area contributed by atoms with Crippen molar-refractivity contribution >= 4 is 46.6 Å². The molecule has 0 radical (unpaired) electrons. The van der Waals surface area contributed by atoms with Crippen LogP contribution in [-0.2, 0) is 14.3 Å². The number of nitrogens with zero attached hydrogens (tertiary/aromatic N) is 2.